The smallest absolute Gasteiger partial charge is 0.158 e. The molecule has 16 heavy (non-hydrogen) atoms. The molecule has 0 atom stereocenters. The molecule has 0 N–H and O–H groups in total. The number of rotatable bonds is 8. The van der Waals surface area contributed by atoms with Crippen LogP contribution in [0.5, 0.6) is 0 Å². The average Bonchev–Trinajstić information content (AvgIpc) is 2.68. The van der Waals surface area contributed by atoms with Crippen LogP contribution in [0.2, 0.25) is 0 Å². The summed E-state index contributed by atoms with van der Waals surface area (Å²) in [5.41, 5.74) is 1.12. The second kappa shape index (κ2) is 8.55. The Kier molecular flexibility index (Phi) is 7.20. The molecule has 0 radical (unpaired) electrons. The molecule has 0 amide bonds. The molecule has 92 valence electrons. The lowest BCUT2D eigenvalue weighted by Gasteiger charge is -1.99. The predicted molar refractivity (Wildman–Crippen MR) is 69.6 cm³/mol. The Morgan fingerprint density at radius 2 is 1.69 bits per heavy atom. The Hall–Kier alpha value is -0.590. The minimum absolute atomic E-state index is 0.406. The summed E-state index contributed by atoms with van der Waals surface area (Å²) in [4.78, 5) is 11.3. The number of carbonyl (C=O) groups is 1. The Labute approximate surface area is 100 Å². The van der Waals surface area contributed by atoms with Crippen LogP contribution in [-0.4, -0.2) is 5.78 Å². The third kappa shape index (κ3) is 5.48. The van der Waals surface area contributed by atoms with Crippen LogP contribution in [0.4, 0.5) is 0 Å². The van der Waals surface area contributed by atoms with Gasteiger partial charge in [-0.15, -0.1) is 0 Å². The van der Waals surface area contributed by atoms with Crippen LogP contribution in [0, 0.1) is 0 Å². The number of allylic oxidation sites excluding steroid dienone is 2. The highest BCUT2D eigenvalue weighted by Gasteiger charge is 2.15. The first-order valence-electron chi connectivity index (χ1n) is 7.07. The highest BCUT2D eigenvalue weighted by molar-refractivity contribution is 5.97. The topological polar surface area (TPSA) is 17.1 Å². The molecule has 0 aromatic heterocycles. The van der Waals surface area contributed by atoms with E-state index in [0.717, 1.165) is 31.3 Å². The van der Waals surface area contributed by atoms with Crippen molar-refractivity contribution in [1.82, 2.24) is 0 Å². The summed E-state index contributed by atoms with van der Waals surface area (Å²) in [5.74, 6) is 0.406. The lowest BCUT2D eigenvalue weighted by Crippen LogP contribution is -1.90. The summed E-state index contributed by atoms with van der Waals surface area (Å²) in [6.07, 6.45) is 15.7. The molecule has 1 rings (SSSR count). The number of unbranched alkanes of at least 4 members (excludes halogenated alkanes) is 7. The average molecular weight is 222 g/mol. The van der Waals surface area contributed by atoms with Gasteiger partial charge in [-0.25, -0.2) is 0 Å². The summed E-state index contributed by atoms with van der Waals surface area (Å²) in [5, 5.41) is 0. The molecule has 1 saturated carbocycles. The fraction of sp³-hybridized carbons (Fsp3) is 0.800. The van der Waals surface area contributed by atoms with Crippen molar-refractivity contribution in [3.8, 4) is 0 Å². The van der Waals surface area contributed by atoms with Gasteiger partial charge in [-0.05, 0) is 31.3 Å². The van der Waals surface area contributed by atoms with Gasteiger partial charge in [0.05, 0.1) is 0 Å². The van der Waals surface area contributed by atoms with Crippen molar-refractivity contribution in [2.75, 3.05) is 0 Å². The zero-order valence-electron chi connectivity index (χ0n) is 10.8. The largest absolute Gasteiger partial charge is 0.295 e. The number of Topliss-reactive ketones (excluding diaryl/α,β-unsaturated/α-hetero) is 1. The van der Waals surface area contributed by atoms with Gasteiger partial charge in [0.25, 0.3) is 0 Å². The highest BCUT2D eigenvalue weighted by atomic mass is 16.1. The Morgan fingerprint density at radius 3 is 2.31 bits per heavy atom. The van der Waals surface area contributed by atoms with Gasteiger partial charge in [-0.2, -0.15) is 0 Å². The molecule has 0 bridgehead atoms. The third-order valence-electron chi connectivity index (χ3n) is 3.41. The van der Waals surface area contributed by atoms with Gasteiger partial charge in [0.15, 0.2) is 5.78 Å². The SMILES string of the molecule is CCCCCCCCC/C=C1\CCCC1=O. The molecule has 0 heterocycles. The molecule has 1 aliphatic carbocycles. The van der Waals surface area contributed by atoms with Gasteiger partial charge >= 0.3 is 0 Å². The summed E-state index contributed by atoms with van der Waals surface area (Å²) < 4.78 is 0. The van der Waals surface area contributed by atoms with Gasteiger partial charge in [0.1, 0.15) is 0 Å². The van der Waals surface area contributed by atoms with Crippen molar-refractivity contribution in [3.63, 3.8) is 0 Å². The first-order chi connectivity index (χ1) is 7.84. The number of hydrogen-bond acceptors (Lipinski definition) is 1. The van der Waals surface area contributed by atoms with E-state index in [1.54, 1.807) is 0 Å². The van der Waals surface area contributed by atoms with Crippen LogP contribution >= 0.6 is 0 Å². The number of hydrogen-bond donors (Lipinski definition) is 0. The maximum Gasteiger partial charge on any atom is 0.158 e. The van der Waals surface area contributed by atoms with E-state index in [2.05, 4.69) is 13.0 Å². The molecule has 1 aliphatic rings. The Balaban J connectivity index is 1.93. The summed E-state index contributed by atoms with van der Waals surface area (Å²) in [6.45, 7) is 2.25. The Bertz CT molecular complexity index is 228. The molecule has 1 nitrogen and oxygen atoms in total. The van der Waals surface area contributed by atoms with Gasteiger partial charge in [0, 0.05) is 6.42 Å². The minimum atomic E-state index is 0.406. The van der Waals surface area contributed by atoms with E-state index >= 15 is 0 Å². The monoisotopic (exact) mass is 222 g/mol. The van der Waals surface area contributed by atoms with E-state index < -0.39 is 0 Å². The molecule has 1 heteroatoms. The molecule has 0 spiro atoms. The lowest BCUT2D eigenvalue weighted by atomic mass is 10.1. The van der Waals surface area contributed by atoms with Gasteiger partial charge in [-0.1, -0.05) is 51.5 Å². The van der Waals surface area contributed by atoms with Crippen LogP contribution in [-0.2, 0) is 4.79 Å². The fourth-order valence-electron chi connectivity index (χ4n) is 2.33. The summed E-state index contributed by atoms with van der Waals surface area (Å²) in [6, 6.07) is 0. The van der Waals surface area contributed by atoms with E-state index in [0.29, 0.717) is 5.78 Å². The molecule has 0 saturated heterocycles. The first kappa shape index (κ1) is 13.5. The van der Waals surface area contributed by atoms with Gasteiger partial charge in [0.2, 0.25) is 0 Å². The predicted octanol–water partition coefficient (Wildman–Crippen LogP) is 4.81. The maximum atomic E-state index is 11.3. The van der Waals surface area contributed by atoms with Crippen molar-refractivity contribution in [1.29, 1.82) is 0 Å². The fourth-order valence-corrected chi connectivity index (χ4v) is 2.33. The second-order valence-electron chi connectivity index (χ2n) is 4.92. The molecular weight excluding hydrogens is 196 g/mol. The first-order valence-corrected chi connectivity index (χ1v) is 7.07. The van der Waals surface area contributed by atoms with Crippen LogP contribution in [0.15, 0.2) is 11.6 Å². The van der Waals surface area contributed by atoms with E-state index in [4.69, 9.17) is 0 Å². The van der Waals surface area contributed by atoms with E-state index in [1.807, 2.05) is 0 Å². The van der Waals surface area contributed by atoms with Crippen LogP contribution < -0.4 is 0 Å². The quantitative estimate of drug-likeness (QED) is 0.425. The van der Waals surface area contributed by atoms with Crippen molar-refractivity contribution in [2.45, 2.75) is 77.6 Å². The van der Waals surface area contributed by atoms with Crippen LogP contribution in [0.25, 0.3) is 0 Å². The number of carbonyl (C=O) groups excluding carboxylic acids is 1. The molecule has 1 fully saturated rings. The molecular formula is C15H26O. The van der Waals surface area contributed by atoms with Crippen molar-refractivity contribution < 1.29 is 4.79 Å². The van der Waals surface area contributed by atoms with Crippen LogP contribution in [0.3, 0.4) is 0 Å². The zero-order chi connectivity index (χ0) is 11.6. The normalized spacial score (nSPS) is 18.6. The minimum Gasteiger partial charge on any atom is -0.295 e. The van der Waals surface area contributed by atoms with Crippen molar-refractivity contribution >= 4 is 5.78 Å². The highest BCUT2D eigenvalue weighted by Crippen LogP contribution is 2.21. The molecule has 0 aliphatic heterocycles. The van der Waals surface area contributed by atoms with E-state index in [9.17, 15) is 4.79 Å². The van der Waals surface area contributed by atoms with E-state index in [1.165, 1.54) is 44.9 Å². The molecule has 0 aromatic rings. The zero-order valence-corrected chi connectivity index (χ0v) is 10.8. The second-order valence-corrected chi connectivity index (χ2v) is 4.92. The third-order valence-corrected chi connectivity index (χ3v) is 3.41. The summed E-state index contributed by atoms with van der Waals surface area (Å²) in [7, 11) is 0. The van der Waals surface area contributed by atoms with Crippen molar-refractivity contribution in [2.24, 2.45) is 0 Å². The van der Waals surface area contributed by atoms with Crippen LogP contribution in [0.1, 0.15) is 77.6 Å². The lowest BCUT2D eigenvalue weighted by molar-refractivity contribution is -0.114. The Morgan fingerprint density at radius 1 is 1.00 bits per heavy atom. The van der Waals surface area contributed by atoms with E-state index in [-0.39, 0.29) is 0 Å². The standard InChI is InChI=1S/C15H26O/c1-2-3-4-5-6-7-8-9-11-14-12-10-13-15(14)16/h11H,2-10,12-13H2,1H3/b14-11+. The van der Waals surface area contributed by atoms with Crippen molar-refractivity contribution in [3.05, 3.63) is 11.6 Å². The van der Waals surface area contributed by atoms with Gasteiger partial charge < -0.3 is 0 Å². The molecule has 0 unspecified atom stereocenters. The molecule has 0 aromatic carbocycles. The maximum absolute atomic E-state index is 11.3. The number of ketones is 1. The summed E-state index contributed by atoms with van der Waals surface area (Å²) >= 11 is 0. The van der Waals surface area contributed by atoms with Gasteiger partial charge in [-0.3, -0.25) is 4.79 Å².